The zero-order chi connectivity index (χ0) is 28.4. The first-order chi connectivity index (χ1) is 19.1. The fourth-order valence-corrected chi connectivity index (χ4v) is 4.88. The van der Waals surface area contributed by atoms with Crippen LogP contribution in [0.5, 0.6) is 5.75 Å². The quantitative estimate of drug-likeness (QED) is 0.362. The number of nitrogens with two attached hydrogens (primary N) is 1. The van der Waals surface area contributed by atoms with Crippen LogP contribution < -0.4 is 15.8 Å². The lowest BCUT2D eigenvalue weighted by Crippen LogP contribution is -2.43. The number of hydrogen-bond acceptors (Lipinski definition) is 8. The number of nitrogens with one attached hydrogen (secondary N) is 1. The predicted molar refractivity (Wildman–Crippen MR) is 152 cm³/mol. The molecule has 5 rings (SSSR count). The molecule has 1 aromatic carbocycles. The van der Waals surface area contributed by atoms with Crippen LogP contribution in [0.2, 0.25) is 0 Å². The maximum absolute atomic E-state index is 12.9. The Bertz CT molecular complexity index is 1550. The van der Waals surface area contributed by atoms with Gasteiger partial charge in [0.05, 0.1) is 24.1 Å². The Labute approximate surface area is 232 Å². The molecular weight excluding hydrogens is 510 g/mol. The Balaban J connectivity index is 1.50. The van der Waals surface area contributed by atoms with Crippen molar-refractivity contribution in [1.29, 1.82) is 0 Å². The van der Waals surface area contributed by atoms with E-state index in [2.05, 4.69) is 15.3 Å². The molecule has 0 saturated carbocycles. The number of nitrogen functional groups attached to an aromatic ring is 1. The summed E-state index contributed by atoms with van der Waals surface area (Å²) in [6.07, 6.45) is 4.57. The molecule has 11 heteroatoms. The Morgan fingerprint density at radius 3 is 2.65 bits per heavy atom. The Morgan fingerprint density at radius 2 is 1.93 bits per heavy atom. The van der Waals surface area contributed by atoms with Crippen LogP contribution in [0.1, 0.15) is 50.0 Å². The van der Waals surface area contributed by atoms with Crippen LogP contribution in [0.15, 0.2) is 54.9 Å². The van der Waals surface area contributed by atoms with Crippen LogP contribution in [0.4, 0.5) is 16.4 Å². The van der Waals surface area contributed by atoms with Crippen molar-refractivity contribution in [2.45, 2.75) is 45.3 Å². The number of pyridine rings is 2. The van der Waals surface area contributed by atoms with E-state index in [-0.39, 0.29) is 18.0 Å². The predicted octanol–water partition coefficient (Wildman–Crippen LogP) is 4.91. The van der Waals surface area contributed by atoms with Crippen molar-refractivity contribution in [3.8, 4) is 17.0 Å². The molecule has 1 aliphatic rings. The first-order valence-corrected chi connectivity index (χ1v) is 13.2. The monoisotopic (exact) mass is 543 g/mol. The molecule has 2 amide bonds. The van der Waals surface area contributed by atoms with Gasteiger partial charge in [-0.15, -0.1) is 0 Å². The zero-order valence-electron chi connectivity index (χ0n) is 23.0. The van der Waals surface area contributed by atoms with Gasteiger partial charge in [0, 0.05) is 36.6 Å². The number of likely N-dealkylation sites (tertiary alicyclic amines) is 1. The van der Waals surface area contributed by atoms with Gasteiger partial charge in [0.15, 0.2) is 0 Å². The summed E-state index contributed by atoms with van der Waals surface area (Å²) in [6.45, 7) is 6.65. The van der Waals surface area contributed by atoms with Gasteiger partial charge in [-0.2, -0.15) is 5.10 Å². The number of amides is 2. The summed E-state index contributed by atoms with van der Waals surface area (Å²) in [5, 5.41) is 8.46. The molecule has 0 spiro atoms. The number of nitrogens with zero attached hydrogens (tertiary/aromatic N) is 5. The van der Waals surface area contributed by atoms with Gasteiger partial charge in [0.1, 0.15) is 28.7 Å². The smallest absolute Gasteiger partial charge is 0.410 e. The molecule has 0 unspecified atom stereocenters. The van der Waals surface area contributed by atoms with Crippen molar-refractivity contribution in [2.75, 3.05) is 31.2 Å². The third-order valence-corrected chi connectivity index (χ3v) is 6.67. The number of fused-ring (bicyclic) bond motifs is 1. The van der Waals surface area contributed by atoms with Crippen molar-refractivity contribution in [3.05, 3.63) is 60.4 Å². The summed E-state index contributed by atoms with van der Waals surface area (Å²) in [5.74, 6) is 0.927. The third-order valence-electron chi connectivity index (χ3n) is 6.67. The molecule has 11 nitrogen and oxygen atoms in total. The van der Waals surface area contributed by atoms with Gasteiger partial charge in [-0.05, 0) is 70.0 Å². The molecule has 1 atom stereocenters. The lowest BCUT2D eigenvalue weighted by Gasteiger charge is -2.34. The zero-order valence-corrected chi connectivity index (χ0v) is 23.0. The topological polar surface area (TPSA) is 137 Å². The van der Waals surface area contributed by atoms with E-state index in [1.54, 1.807) is 60.8 Å². The average molecular weight is 544 g/mol. The lowest BCUT2D eigenvalue weighted by molar-refractivity contribution is 0.0169. The van der Waals surface area contributed by atoms with E-state index in [0.29, 0.717) is 52.7 Å². The fourth-order valence-electron chi connectivity index (χ4n) is 4.88. The molecule has 1 aliphatic heterocycles. The number of rotatable bonds is 5. The number of carbonyl (C=O) groups excluding carboxylic acids is 2. The molecule has 208 valence electrons. The SMILES string of the molecule is COc1cc(C(=O)Nc2ccccn2)ccc1-c1nn([C@@H]2CCCN(C(=O)OC(C)(C)C)C2)c2ccnc(N)c12. The standard InChI is InChI=1S/C29H33N7O4/c1-29(2,3)40-28(38)35-15-7-8-19(17-35)36-21-12-14-32-26(30)24(21)25(34-36)20-11-10-18(16-22(20)39-4)27(37)33-23-9-5-6-13-31-23/h5-6,9-14,16,19H,7-8,15,17H2,1-4H3,(H2,30,32)(H,31,33,37)/t19-/m1/s1. The van der Waals surface area contributed by atoms with Crippen LogP contribution in [0.3, 0.4) is 0 Å². The third kappa shape index (κ3) is 5.54. The Morgan fingerprint density at radius 1 is 1.10 bits per heavy atom. The van der Waals surface area contributed by atoms with Gasteiger partial charge < -0.3 is 25.4 Å². The van der Waals surface area contributed by atoms with E-state index in [9.17, 15) is 9.59 Å². The summed E-state index contributed by atoms with van der Waals surface area (Å²) < 4.78 is 13.2. The molecular formula is C29H33N7O4. The fraction of sp³-hybridized carbons (Fsp3) is 0.345. The number of benzene rings is 1. The number of carbonyl (C=O) groups is 2. The van der Waals surface area contributed by atoms with Gasteiger partial charge in [-0.25, -0.2) is 14.8 Å². The van der Waals surface area contributed by atoms with Gasteiger partial charge in [0.25, 0.3) is 5.91 Å². The van der Waals surface area contributed by atoms with Crippen LogP contribution in [-0.4, -0.2) is 62.4 Å². The van der Waals surface area contributed by atoms with Crippen molar-refractivity contribution < 1.29 is 19.1 Å². The highest BCUT2D eigenvalue weighted by atomic mass is 16.6. The number of methoxy groups -OCH3 is 1. The van der Waals surface area contributed by atoms with Gasteiger partial charge >= 0.3 is 6.09 Å². The molecule has 0 bridgehead atoms. The maximum atomic E-state index is 12.9. The van der Waals surface area contributed by atoms with Gasteiger partial charge in [0.2, 0.25) is 0 Å². The average Bonchev–Trinajstić information content (AvgIpc) is 3.33. The highest BCUT2D eigenvalue weighted by Gasteiger charge is 2.31. The number of anilines is 2. The van der Waals surface area contributed by atoms with E-state index in [0.717, 1.165) is 18.4 Å². The highest BCUT2D eigenvalue weighted by Crippen LogP contribution is 2.39. The van der Waals surface area contributed by atoms with E-state index in [1.807, 2.05) is 31.5 Å². The molecule has 1 fully saturated rings. The minimum absolute atomic E-state index is 0.0891. The molecule has 40 heavy (non-hydrogen) atoms. The second-order valence-electron chi connectivity index (χ2n) is 10.7. The van der Waals surface area contributed by atoms with E-state index < -0.39 is 5.60 Å². The molecule has 4 heterocycles. The summed E-state index contributed by atoms with van der Waals surface area (Å²) in [5.41, 5.74) is 8.26. The van der Waals surface area contributed by atoms with Crippen LogP contribution in [0.25, 0.3) is 22.2 Å². The molecule has 4 aromatic rings. The van der Waals surface area contributed by atoms with Gasteiger partial charge in [-0.1, -0.05) is 6.07 Å². The molecule has 1 saturated heterocycles. The van der Waals surface area contributed by atoms with E-state index >= 15 is 0 Å². The van der Waals surface area contributed by atoms with Crippen molar-refractivity contribution >= 4 is 34.5 Å². The minimum atomic E-state index is -0.576. The molecule has 3 aromatic heterocycles. The first kappa shape index (κ1) is 26.9. The van der Waals surface area contributed by atoms with E-state index in [1.165, 1.54) is 0 Å². The van der Waals surface area contributed by atoms with E-state index in [4.69, 9.17) is 20.3 Å². The summed E-state index contributed by atoms with van der Waals surface area (Å²) in [7, 11) is 1.54. The van der Waals surface area contributed by atoms with Crippen molar-refractivity contribution in [3.63, 3.8) is 0 Å². The van der Waals surface area contributed by atoms with Crippen LogP contribution in [-0.2, 0) is 4.74 Å². The number of ether oxygens (including phenoxy) is 2. The number of hydrogen-bond donors (Lipinski definition) is 2. The second-order valence-corrected chi connectivity index (χ2v) is 10.7. The lowest BCUT2D eigenvalue weighted by atomic mass is 10.0. The van der Waals surface area contributed by atoms with Crippen molar-refractivity contribution in [2.24, 2.45) is 0 Å². The number of piperidine rings is 1. The second kappa shape index (κ2) is 10.8. The van der Waals surface area contributed by atoms with Crippen molar-refractivity contribution in [1.82, 2.24) is 24.6 Å². The Hall–Kier alpha value is -4.67. The van der Waals surface area contributed by atoms with Gasteiger partial charge in [-0.3, -0.25) is 9.48 Å². The number of aromatic nitrogens is 4. The summed E-state index contributed by atoms with van der Waals surface area (Å²) in [4.78, 5) is 35.9. The normalized spacial score (nSPS) is 15.6. The minimum Gasteiger partial charge on any atom is -0.496 e. The molecule has 0 radical (unpaired) electrons. The summed E-state index contributed by atoms with van der Waals surface area (Å²) >= 11 is 0. The largest absolute Gasteiger partial charge is 0.496 e. The first-order valence-electron chi connectivity index (χ1n) is 13.2. The summed E-state index contributed by atoms with van der Waals surface area (Å²) in [6, 6.07) is 12.2. The van der Waals surface area contributed by atoms with Crippen LogP contribution >= 0.6 is 0 Å². The highest BCUT2D eigenvalue weighted by molar-refractivity contribution is 6.06. The molecule has 3 N–H and O–H groups in total. The Kier molecular flexibility index (Phi) is 7.29. The maximum Gasteiger partial charge on any atom is 0.410 e. The van der Waals surface area contributed by atoms with Crippen LogP contribution in [0, 0.1) is 0 Å². The molecule has 0 aliphatic carbocycles.